The van der Waals surface area contributed by atoms with Crippen LogP contribution in [0.2, 0.25) is 0 Å². The summed E-state index contributed by atoms with van der Waals surface area (Å²) in [4.78, 5) is 4.23. The van der Waals surface area contributed by atoms with Gasteiger partial charge >= 0.3 is 0 Å². The zero-order valence-electron chi connectivity index (χ0n) is 9.90. The SMILES string of the molecule is CC(C)(C)c1ccc(CCS(N)(=O)=O)nc1. The number of aromatic nitrogens is 1. The molecule has 1 rings (SSSR count). The lowest BCUT2D eigenvalue weighted by Gasteiger charge is -2.18. The molecule has 0 aliphatic heterocycles. The van der Waals surface area contributed by atoms with Gasteiger partial charge in [0.15, 0.2) is 0 Å². The van der Waals surface area contributed by atoms with Crippen LogP contribution in [0, 0.1) is 0 Å². The normalized spacial score (nSPS) is 12.8. The Morgan fingerprint density at radius 2 is 1.94 bits per heavy atom. The second-order valence-electron chi connectivity index (χ2n) is 4.91. The molecule has 0 fully saturated rings. The van der Waals surface area contributed by atoms with E-state index >= 15 is 0 Å². The molecule has 0 saturated heterocycles. The summed E-state index contributed by atoms with van der Waals surface area (Å²) in [6.45, 7) is 6.32. The van der Waals surface area contributed by atoms with Gasteiger partial charge in [-0.1, -0.05) is 26.8 Å². The van der Waals surface area contributed by atoms with Crippen molar-refractivity contribution in [2.24, 2.45) is 5.14 Å². The van der Waals surface area contributed by atoms with Crippen LogP contribution in [0.15, 0.2) is 18.3 Å². The van der Waals surface area contributed by atoms with E-state index in [1.165, 1.54) is 0 Å². The Kier molecular flexibility index (Phi) is 3.70. The second-order valence-corrected chi connectivity index (χ2v) is 6.64. The smallest absolute Gasteiger partial charge is 0.209 e. The molecule has 0 bridgehead atoms. The Morgan fingerprint density at radius 1 is 1.31 bits per heavy atom. The molecule has 0 radical (unpaired) electrons. The standard InChI is InChI=1S/C11H18N2O2S/c1-11(2,3)9-4-5-10(13-8-9)6-7-16(12,14)15/h4-5,8H,6-7H2,1-3H3,(H2,12,14,15). The summed E-state index contributed by atoms with van der Waals surface area (Å²) in [6.07, 6.45) is 2.15. The number of nitrogens with zero attached hydrogens (tertiary/aromatic N) is 1. The fraction of sp³-hybridized carbons (Fsp3) is 0.545. The van der Waals surface area contributed by atoms with Crippen LogP contribution < -0.4 is 5.14 Å². The minimum Gasteiger partial charge on any atom is -0.261 e. The first-order chi connectivity index (χ1) is 7.18. The number of primary sulfonamides is 1. The minimum absolute atomic E-state index is 0.0607. The van der Waals surface area contributed by atoms with E-state index in [-0.39, 0.29) is 11.2 Å². The molecule has 0 atom stereocenters. The quantitative estimate of drug-likeness (QED) is 0.865. The molecule has 0 unspecified atom stereocenters. The van der Waals surface area contributed by atoms with Gasteiger partial charge in [0.25, 0.3) is 0 Å². The lowest BCUT2D eigenvalue weighted by molar-refractivity contribution is 0.586. The van der Waals surface area contributed by atoms with Gasteiger partial charge in [0.2, 0.25) is 10.0 Å². The lowest BCUT2D eigenvalue weighted by Crippen LogP contribution is -2.18. The zero-order valence-corrected chi connectivity index (χ0v) is 10.7. The summed E-state index contributed by atoms with van der Waals surface area (Å²) in [5.41, 5.74) is 1.94. The predicted octanol–water partition coefficient (Wildman–Crippen LogP) is 1.21. The molecule has 16 heavy (non-hydrogen) atoms. The second kappa shape index (κ2) is 4.51. The molecule has 4 nitrogen and oxygen atoms in total. The summed E-state index contributed by atoms with van der Waals surface area (Å²) in [7, 11) is -3.40. The highest BCUT2D eigenvalue weighted by Crippen LogP contribution is 2.20. The van der Waals surface area contributed by atoms with E-state index in [0.29, 0.717) is 6.42 Å². The molecule has 0 aliphatic rings. The number of pyridine rings is 1. The van der Waals surface area contributed by atoms with E-state index in [2.05, 4.69) is 25.8 Å². The summed E-state index contributed by atoms with van der Waals surface area (Å²) in [5.74, 6) is -0.0607. The number of aryl methyl sites for hydroxylation is 1. The average Bonchev–Trinajstić information content (AvgIpc) is 2.13. The Hall–Kier alpha value is -0.940. The van der Waals surface area contributed by atoms with Gasteiger partial charge in [0.05, 0.1) is 5.75 Å². The molecular weight excluding hydrogens is 224 g/mol. The first-order valence-corrected chi connectivity index (χ1v) is 6.86. The fourth-order valence-electron chi connectivity index (χ4n) is 1.26. The molecule has 1 aromatic heterocycles. The van der Waals surface area contributed by atoms with Crippen LogP contribution in [0.5, 0.6) is 0 Å². The molecule has 2 N–H and O–H groups in total. The maximum Gasteiger partial charge on any atom is 0.209 e. The maximum atomic E-state index is 10.8. The van der Waals surface area contributed by atoms with Gasteiger partial charge in [-0.3, -0.25) is 4.98 Å². The van der Waals surface area contributed by atoms with Crippen molar-refractivity contribution < 1.29 is 8.42 Å². The zero-order chi connectivity index (χ0) is 12.4. The van der Waals surface area contributed by atoms with Crippen LogP contribution >= 0.6 is 0 Å². The molecule has 0 aromatic carbocycles. The first-order valence-electron chi connectivity index (χ1n) is 5.14. The van der Waals surface area contributed by atoms with Crippen LogP contribution in [0.3, 0.4) is 0 Å². The van der Waals surface area contributed by atoms with Gasteiger partial charge < -0.3 is 0 Å². The number of hydrogen-bond acceptors (Lipinski definition) is 3. The van der Waals surface area contributed by atoms with Crippen LogP contribution in [0.1, 0.15) is 32.0 Å². The number of hydrogen-bond donors (Lipinski definition) is 1. The van der Waals surface area contributed by atoms with Crippen LogP contribution in [-0.2, 0) is 21.9 Å². The van der Waals surface area contributed by atoms with Crippen molar-refractivity contribution in [3.63, 3.8) is 0 Å². The van der Waals surface area contributed by atoms with E-state index in [4.69, 9.17) is 5.14 Å². The fourth-order valence-corrected chi connectivity index (χ4v) is 1.76. The number of sulfonamides is 1. The van der Waals surface area contributed by atoms with Crippen LogP contribution in [-0.4, -0.2) is 19.2 Å². The lowest BCUT2D eigenvalue weighted by atomic mass is 9.88. The van der Waals surface area contributed by atoms with Crippen molar-refractivity contribution in [2.75, 3.05) is 5.75 Å². The minimum atomic E-state index is -3.40. The third-order valence-electron chi connectivity index (χ3n) is 2.33. The van der Waals surface area contributed by atoms with Gasteiger partial charge in [-0.05, 0) is 17.0 Å². The average molecular weight is 242 g/mol. The molecule has 90 valence electrons. The van der Waals surface area contributed by atoms with Crippen LogP contribution in [0.4, 0.5) is 0 Å². The first kappa shape index (κ1) is 13.1. The maximum absolute atomic E-state index is 10.8. The molecule has 0 aliphatic carbocycles. The topological polar surface area (TPSA) is 73.1 Å². The number of rotatable bonds is 3. The molecule has 1 aromatic rings. The molecule has 0 spiro atoms. The molecule has 0 saturated carbocycles. The van der Waals surface area contributed by atoms with Gasteiger partial charge in [-0.25, -0.2) is 13.6 Å². The summed E-state index contributed by atoms with van der Waals surface area (Å²) < 4.78 is 21.6. The van der Waals surface area contributed by atoms with Crippen LogP contribution in [0.25, 0.3) is 0 Å². The molecular formula is C11H18N2O2S. The Morgan fingerprint density at radius 3 is 2.31 bits per heavy atom. The molecule has 1 heterocycles. The highest BCUT2D eigenvalue weighted by atomic mass is 32.2. The summed E-state index contributed by atoms with van der Waals surface area (Å²) in [6, 6.07) is 3.83. The largest absolute Gasteiger partial charge is 0.261 e. The third kappa shape index (κ3) is 4.28. The van der Waals surface area contributed by atoms with Crippen molar-refractivity contribution in [3.05, 3.63) is 29.6 Å². The Labute approximate surface area is 96.9 Å². The van der Waals surface area contributed by atoms with E-state index in [0.717, 1.165) is 11.3 Å². The van der Waals surface area contributed by atoms with E-state index < -0.39 is 10.0 Å². The van der Waals surface area contributed by atoms with Gasteiger partial charge in [-0.15, -0.1) is 0 Å². The Bertz CT molecular complexity index is 444. The van der Waals surface area contributed by atoms with E-state index in [1.807, 2.05) is 12.1 Å². The van der Waals surface area contributed by atoms with E-state index in [9.17, 15) is 8.42 Å². The molecule has 0 amide bonds. The monoisotopic (exact) mass is 242 g/mol. The molecule has 5 heteroatoms. The van der Waals surface area contributed by atoms with Crippen molar-refractivity contribution in [1.29, 1.82) is 0 Å². The van der Waals surface area contributed by atoms with Gasteiger partial charge in [0, 0.05) is 18.3 Å². The van der Waals surface area contributed by atoms with Crippen molar-refractivity contribution in [3.8, 4) is 0 Å². The van der Waals surface area contributed by atoms with Crippen molar-refractivity contribution >= 4 is 10.0 Å². The Balaban J connectivity index is 2.73. The number of nitrogens with two attached hydrogens (primary N) is 1. The summed E-state index contributed by atoms with van der Waals surface area (Å²) in [5, 5.41) is 4.93. The highest BCUT2D eigenvalue weighted by Gasteiger charge is 2.13. The van der Waals surface area contributed by atoms with Crippen molar-refractivity contribution in [2.45, 2.75) is 32.6 Å². The van der Waals surface area contributed by atoms with Gasteiger partial charge in [0.1, 0.15) is 0 Å². The van der Waals surface area contributed by atoms with E-state index in [1.54, 1.807) is 6.20 Å². The van der Waals surface area contributed by atoms with Gasteiger partial charge in [-0.2, -0.15) is 0 Å². The third-order valence-corrected chi connectivity index (χ3v) is 3.11. The summed E-state index contributed by atoms with van der Waals surface area (Å²) >= 11 is 0. The predicted molar refractivity (Wildman–Crippen MR) is 64.6 cm³/mol. The van der Waals surface area contributed by atoms with Crippen molar-refractivity contribution in [1.82, 2.24) is 4.98 Å². The highest BCUT2D eigenvalue weighted by molar-refractivity contribution is 7.89.